The van der Waals surface area contributed by atoms with E-state index >= 15 is 0 Å². The van der Waals surface area contributed by atoms with Crippen molar-refractivity contribution < 1.29 is 4.79 Å². The fourth-order valence-corrected chi connectivity index (χ4v) is 2.42. The van der Waals surface area contributed by atoms with Gasteiger partial charge in [-0.05, 0) is 22.0 Å². The Bertz CT molecular complexity index is 300. The van der Waals surface area contributed by atoms with E-state index in [-0.39, 0.29) is 12.5 Å². The van der Waals surface area contributed by atoms with Crippen molar-refractivity contribution in [1.82, 2.24) is 4.90 Å². The Kier molecular flexibility index (Phi) is 3.90. The van der Waals surface area contributed by atoms with Crippen LogP contribution in [0.4, 0.5) is 0 Å². The Labute approximate surface area is 89.7 Å². The lowest BCUT2D eigenvalue weighted by atomic mass is 10.4. The largest absolute Gasteiger partial charge is 0.340 e. The van der Waals surface area contributed by atoms with Gasteiger partial charge in [0.05, 0.1) is 13.1 Å². The van der Waals surface area contributed by atoms with Gasteiger partial charge in [-0.1, -0.05) is 0 Å². The number of hydrogen-bond acceptors (Lipinski definition) is 3. The van der Waals surface area contributed by atoms with E-state index in [1.165, 1.54) is 0 Å². The van der Waals surface area contributed by atoms with Crippen LogP contribution in [-0.2, 0) is 11.3 Å². The average Bonchev–Trinajstić information content (AvgIpc) is 2.49. The molecule has 1 heterocycles. The summed E-state index contributed by atoms with van der Waals surface area (Å²) in [5.74, 6) is -0.0375. The molecule has 0 aliphatic heterocycles. The molecule has 0 aliphatic carbocycles. The Morgan fingerprint density at radius 2 is 2.46 bits per heavy atom. The smallest absolute Gasteiger partial charge is 0.236 e. The van der Waals surface area contributed by atoms with Crippen LogP contribution in [-0.4, -0.2) is 24.4 Å². The van der Waals surface area contributed by atoms with Gasteiger partial charge in [0.25, 0.3) is 0 Å². The van der Waals surface area contributed by atoms with Crippen LogP contribution < -0.4 is 5.73 Å². The molecular weight excluding hydrogens is 252 g/mol. The van der Waals surface area contributed by atoms with E-state index in [4.69, 9.17) is 5.73 Å². The number of amides is 1. The van der Waals surface area contributed by atoms with Gasteiger partial charge < -0.3 is 10.6 Å². The van der Waals surface area contributed by atoms with Crippen LogP contribution in [0.25, 0.3) is 0 Å². The molecule has 1 amide bonds. The number of carbonyl (C=O) groups excluding carboxylic acids is 1. The molecular formula is C8H11BrN2OS. The van der Waals surface area contributed by atoms with Crippen LogP contribution in [0.1, 0.15) is 4.88 Å². The van der Waals surface area contributed by atoms with Crippen molar-refractivity contribution in [3.8, 4) is 0 Å². The van der Waals surface area contributed by atoms with Crippen molar-refractivity contribution in [3.05, 3.63) is 20.8 Å². The molecule has 0 saturated heterocycles. The first-order valence-corrected chi connectivity index (χ1v) is 5.47. The van der Waals surface area contributed by atoms with Gasteiger partial charge >= 0.3 is 0 Å². The third kappa shape index (κ3) is 3.10. The van der Waals surface area contributed by atoms with Crippen LogP contribution in [0.3, 0.4) is 0 Å². The number of nitrogens with two attached hydrogens (primary N) is 1. The van der Waals surface area contributed by atoms with Crippen molar-refractivity contribution in [1.29, 1.82) is 0 Å². The molecule has 2 N–H and O–H groups in total. The summed E-state index contributed by atoms with van der Waals surface area (Å²) in [7, 11) is 1.75. The quantitative estimate of drug-likeness (QED) is 0.896. The molecule has 13 heavy (non-hydrogen) atoms. The minimum atomic E-state index is -0.0375. The number of hydrogen-bond donors (Lipinski definition) is 1. The zero-order chi connectivity index (χ0) is 9.84. The van der Waals surface area contributed by atoms with Gasteiger partial charge in [-0.15, -0.1) is 11.3 Å². The van der Waals surface area contributed by atoms with E-state index in [0.29, 0.717) is 6.54 Å². The minimum absolute atomic E-state index is 0.0375. The van der Waals surface area contributed by atoms with Crippen molar-refractivity contribution in [3.63, 3.8) is 0 Å². The summed E-state index contributed by atoms with van der Waals surface area (Å²) >= 11 is 4.98. The Hall–Kier alpha value is -0.390. The summed E-state index contributed by atoms with van der Waals surface area (Å²) in [5.41, 5.74) is 5.23. The zero-order valence-corrected chi connectivity index (χ0v) is 9.69. The molecule has 0 atom stereocenters. The van der Waals surface area contributed by atoms with Gasteiger partial charge in [0.2, 0.25) is 5.91 Å². The van der Waals surface area contributed by atoms with Gasteiger partial charge in [-0.2, -0.15) is 0 Å². The molecule has 0 radical (unpaired) electrons. The topological polar surface area (TPSA) is 46.3 Å². The SMILES string of the molecule is CN(Cc1cc(Br)cs1)C(=O)CN. The van der Waals surface area contributed by atoms with Gasteiger partial charge in [-0.3, -0.25) is 4.79 Å². The molecule has 0 unspecified atom stereocenters. The fraction of sp³-hybridized carbons (Fsp3) is 0.375. The van der Waals surface area contributed by atoms with Crippen molar-refractivity contribution in [2.45, 2.75) is 6.54 Å². The van der Waals surface area contributed by atoms with E-state index in [1.807, 2.05) is 11.4 Å². The van der Waals surface area contributed by atoms with Gasteiger partial charge in [0.1, 0.15) is 0 Å². The molecule has 5 heteroatoms. The molecule has 1 aromatic heterocycles. The summed E-state index contributed by atoms with van der Waals surface area (Å²) in [6, 6.07) is 2.00. The normalized spacial score (nSPS) is 10.1. The first-order valence-electron chi connectivity index (χ1n) is 3.80. The maximum Gasteiger partial charge on any atom is 0.236 e. The predicted octanol–water partition coefficient (Wildman–Crippen LogP) is 1.43. The Morgan fingerprint density at radius 3 is 2.92 bits per heavy atom. The Balaban J connectivity index is 2.54. The van der Waals surface area contributed by atoms with Crippen LogP contribution in [0.15, 0.2) is 15.9 Å². The second-order valence-electron chi connectivity index (χ2n) is 2.69. The second-order valence-corrected chi connectivity index (χ2v) is 4.60. The standard InChI is InChI=1S/C8H11BrN2OS/c1-11(8(12)3-10)4-7-2-6(9)5-13-7/h2,5H,3-4,10H2,1H3. The van der Waals surface area contributed by atoms with E-state index in [2.05, 4.69) is 15.9 Å². The molecule has 0 aromatic carbocycles. The summed E-state index contributed by atoms with van der Waals surface area (Å²) in [4.78, 5) is 13.9. The third-order valence-electron chi connectivity index (χ3n) is 1.62. The molecule has 3 nitrogen and oxygen atoms in total. The summed E-state index contributed by atoms with van der Waals surface area (Å²) in [6.45, 7) is 0.704. The van der Waals surface area contributed by atoms with Gasteiger partial charge in [-0.25, -0.2) is 0 Å². The van der Waals surface area contributed by atoms with Crippen LogP contribution >= 0.6 is 27.3 Å². The molecule has 72 valence electrons. The Morgan fingerprint density at radius 1 is 1.77 bits per heavy atom. The van der Waals surface area contributed by atoms with E-state index in [0.717, 1.165) is 9.35 Å². The van der Waals surface area contributed by atoms with E-state index in [1.54, 1.807) is 23.3 Å². The van der Waals surface area contributed by atoms with E-state index < -0.39 is 0 Å². The molecule has 0 spiro atoms. The number of thiophene rings is 1. The van der Waals surface area contributed by atoms with Crippen molar-refractivity contribution >= 4 is 33.2 Å². The highest BCUT2D eigenvalue weighted by Gasteiger charge is 2.07. The van der Waals surface area contributed by atoms with Crippen molar-refractivity contribution in [2.24, 2.45) is 5.73 Å². The third-order valence-corrected chi connectivity index (χ3v) is 3.30. The highest BCUT2D eigenvalue weighted by atomic mass is 79.9. The highest BCUT2D eigenvalue weighted by Crippen LogP contribution is 2.20. The van der Waals surface area contributed by atoms with E-state index in [9.17, 15) is 4.79 Å². The van der Waals surface area contributed by atoms with Gasteiger partial charge in [0.15, 0.2) is 0 Å². The maximum atomic E-state index is 11.1. The molecule has 0 fully saturated rings. The predicted molar refractivity (Wildman–Crippen MR) is 57.5 cm³/mol. The maximum absolute atomic E-state index is 11.1. The zero-order valence-electron chi connectivity index (χ0n) is 7.29. The number of nitrogens with zero attached hydrogens (tertiary/aromatic N) is 1. The molecule has 1 rings (SSSR count). The van der Waals surface area contributed by atoms with Crippen LogP contribution in [0, 0.1) is 0 Å². The molecule has 1 aromatic rings. The second kappa shape index (κ2) is 4.74. The number of likely N-dealkylation sites (N-methyl/N-ethyl adjacent to an activating group) is 1. The van der Waals surface area contributed by atoms with Crippen LogP contribution in [0.5, 0.6) is 0 Å². The van der Waals surface area contributed by atoms with Crippen LogP contribution in [0.2, 0.25) is 0 Å². The first kappa shape index (κ1) is 10.7. The number of rotatable bonds is 3. The monoisotopic (exact) mass is 262 g/mol. The average molecular weight is 263 g/mol. The minimum Gasteiger partial charge on any atom is -0.340 e. The number of carbonyl (C=O) groups is 1. The summed E-state index contributed by atoms with van der Waals surface area (Å²) in [5, 5.41) is 2.00. The lowest BCUT2D eigenvalue weighted by molar-refractivity contribution is -0.128. The lowest BCUT2D eigenvalue weighted by Gasteiger charge is -2.14. The first-order chi connectivity index (χ1) is 6.13. The summed E-state index contributed by atoms with van der Waals surface area (Å²) < 4.78 is 1.06. The highest BCUT2D eigenvalue weighted by molar-refractivity contribution is 9.10. The number of halogens is 1. The lowest BCUT2D eigenvalue weighted by Crippen LogP contribution is -2.31. The molecule has 0 saturated carbocycles. The fourth-order valence-electron chi connectivity index (χ4n) is 0.914. The van der Waals surface area contributed by atoms with Crippen molar-refractivity contribution in [2.75, 3.05) is 13.6 Å². The molecule has 0 bridgehead atoms. The molecule has 0 aliphatic rings. The van der Waals surface area contributed by atoms with Gasteiger partial charge in [0, 0.05) is 21.8 Å². The summed E-state index contributed by atoms with van der Waals surface area (Å²) in [6.07, 6.45) is 0.